The van der Waals surface area contributed by atoms with Gasteiger partial charge in [-0.05, 0) is 57.0 Å². The average Bonchev–Trinajstić information content (AvgIpc) is 3.44. The van der Waals surface area contributed by atoms with Crippen LogP contribution in [0.2, 0.25) is 5.02 Å². The van der Waals surface area contributed by atoms with Crippen molar-refractivity contribution in [2.24, 2.45) is 0 Å². The van der Waals surface area contributed by atoms with Crippen LogP contribution >= 0.6 is 22.9 Å². The van der Waals surface area contributed by atoms with E-state index in [1.807, 2.05) is 31.2 Å². The lowest BCUT2D eigenvalue weighted by molar-refractivity contribution is 0.0823. The van der Waals surface area contributed by atoms with Gasteiger partial charge in [0, 0.05) is 42.0 Å². The molecule has 1 unspecified atom stereocenters. The van der Waals surface area contributed by atoms with Gasteiger partial charge in [-0.1, -0.05) is 22.9 Å². The number of hydrogen-bond donors (Lipinski definition) is 2. The monoisotopic (exact) mass is 462 g/mol. The highest BCUT2D eigenvalue weighted by atomic mass is 35.5. The van der Waals surface area contributed by atoms with E-state index in [1.165, 1.54) is 18.4 Å². The minimum atomic E-state index is -0.935. The van der Waals surface area contributed by atoms with Gasteiger partial charge in [-0.2, -0.15) is 0 Å². The molecule has 0 bridgehead atoms. The molecule has 0 radical (unpaired) electrons. The Morgan fingerprint density at radius 2 is 2.19 bits per heavy atom. The lowest BCUT2D eigenvalue weighted by atomic mass is 9.81. The molecule has 2 N–H and O–H groups in total. The third kappa shape index (κ3) is 4.00. The van der Waals surface area contributed by atoms with Gasteiger partial charge in [0.05, 0.1) is 17.6 Å². The van der Waals surface area contributed by atoms with Crippen LogP contribution in [-0.4, -0.2) is 47.8 Å². The van der Waals surface area contributed by atoms with Crippen molar-refractivity contribution in [1.82, 2.24) is 9.88 Å². The van der Waals surface area contributed by atoms with Gasteiger partial charge in [-0.15, -0.1) is 0 Å². The Labute approximate surface area is 191 Å². The molecule has 9 heteroatoms. The molecule has 2 aliphatic heterocycles. The van der Waals surface area contributed by atoms with Gasteiger partial charge in [-0.25, -0.2) is 9.78 Å². The van der Waals surface area contributed by atoms with E-state index in [0.29, 0.717) is 29.8 Å². The van der Waals surface area contributed by atoms with Crippen molar-refractivity contribution in [3.8, 4) is 0 Å². The fourth-order valence-corrected chi connectivity index (χ4v) is 5.38. The molecule has 31 heavy (non-hydrogen) atoms. The van der Waals surface area contributed by atoms with Gasteiger partial charge in [0.2, 0.25) is 0 Å². The van der Waals surface area contributed by atoms with E-state index in [-0.39, 0.29) is 11.5 Å². The zero-order valence-corrected chi connectivity index (χ0v) is 19.7. The van der Waals surface area contributed by atoms with Crippen LogP contribution in [0.1, 0.15) is 37.6 Å². The number of anilines is 2. The van der Waals surface area contributed by atoms with Gasteiger partial charge >= 0.3 is 6.09 Å². The molecule has 1 aromatic heterocycles. The normalized spacial score (nSPS) is 21.0. The third-order valence-corrected chi connectivity index (χ3v) is 7.44. The molecule has 166 valence electrons. The van der Waals surface area contributed by atoms with Crippen molar-refractivity contribution in [2.75, 3.05) is 37.0 Å². The molecule has 1 saturated heterocycles. The summed E-state index contributed by atoms with van der Waals surface area (Å²) in [6, 6.07) is 5.94. The van der Waals surface area contributed by atoms with E-state index >= 15 is 0 Å². The highest BCUT2D eigenvalue weighted by Crippen LogP contribution is 2.48. The van der Waals surface area contributed by atoms with E-state index in [2.05, 4.69) is 15.2 Å². The Bertz CT molecular complexity index is 1030. The van der Waals surface area contributed by atoms with E-state index in [1.54, 1.807) is 24.9 Å². The summed E-state index contributed by atoms with van der Waals surface area (Å²) in [5.74, 6) is 0.897. The SMILES string of the molecule is CC=C(Nc1ncc(C(C)(C)O)s1)N1CC2(CCN(C(=O)OC)C2)c2cc(Cl)ccc21. The van der Waals surface area contributed by atoms with Crippen molar-refractivity contribution in [2.45, 2.75) is 38.2 Å². The Morgan fingerprint density at radius 1 is 1.42 bits per heavy atom. The highest BCUT2D eigenvalue weighted by Gasteiger charge is 2.49. The predicted molar refractivity (Wildman–Crippen MR) is 124 cm³/mol. The number of aromatic nitrogens is 1. The maximum atomic E-state index is 12.1. The average molecular weight is 463 g/mol. The molecule has 3 heterocycles. The number of fused-ring (bicyclic) bond motifs is 2. The smallest absolute Gasteiger partial charge is 0.409 e. The summed E-state index contributed by atoms with van der Waals surface area (Å²) in [7, 11) is 1.41. The number of hydrogen-bond acceptors (Lipinski definition) is 7. The fourth-order valence-electron chi connectivity index (χ4n) is 4.38. The number of nitrogens with one attached hydrogen (secondary N) is 1. The number of rotatable bonds is 4. The molecule has 2 aliphatic rings. The van der Waals surface area contributed by atoms with E-state index in [4.69, 9.17) is 16.3 Å². The van der Waals surface area contributed by atoms with Crippen molar-refractivity contribution in [3.63, 3.8) is 0 Å². The molecular formula is C22H27ClN4O3S. The number of thiazole rings is 1. The molecule has 1 amide bonds. The van der Waals surface area contributed by atoms with Crippen molar-refractivity contribution >= 4 is 39.8 Å². The first kappa shape index (κ1) is 21.9. The summed E-state index contributed by atoms with van der Waals surface area (Å²) >= 11 is 7.79. The first-order valence-corrected chi connectivity index (χ1v) is 11.4. The number of carbonyl (C=O) groups excluding carboxylic acids is 1. The molecule has 0 aliphatic carbocycles. The third-order valence-electron chi connectivity index (χ3n) is 5.98. The predicted octanol–water partition coefficient (Wildman–Crippen LogP) is 4.53. The van der Waals surface area contributed by atoms with Gasteiger partial charge in [0.1, 0.15) is 5.82 Å². The van der Waals surface area contributed by atoms with Gasteiger partial charge in [-0.3, -0.25) is 0 Å². The number of likely N-dealkylation sites (tertiary alicyclic amines) is 1. The molecule has 2 aromatic rings. The Kier molecular flexibility index (Phi) is 5.66. The lowest BCUT2D eigenvalue weighted by Gasteiger charge is -2.27. The summed E-state index contributed by atoms with van der Waals surface area (Å²) in [4.78, 5) is 21.3. The first-order chi connectivity index (χ1) is 14.7. The summed E-state index contributed by atoms with van der Waals surface area (Å²) in [6.45, 7) is 7.42. The van der Waals surface area contributed by atoms with Crippen LogP contribution in [0.4, 0.5) is 15.6 Å². The maximum Gasteiger partial charge on any atom is 0.409 e. The first-order valence-electron chi connectivity index (χ1n) is 10.2. The summed E-state index contributed by atoms with van der Waals surface area (Å²) in [5.41, 5.74) is 1.06. The maximum absolute atomic E-state index is 12.1. The number of nitrogens with zero attached hydrogens (tertiary/aromatic N) is 3. The van der Waals surface area contributed by atoms with Gasteiger partial charge in [0.15, 0.2) is 5.13 Å². The number of amides is 1. The van der Waals surface area contributed by atoms with Crippen LogP contribution in [-0.2, 0) is 15.8 Å². The van der Waals surface area contributed by atoms with Crippen LogP contribution in [0.15, 0.2) is 36.3 Å². The molecule has 7 nitrogen and oxygen atoms in total. The summed E-state index contributed by atoms with van der Waals surface area (Å²) in [6.07, 6.45) is 4.24. The second-order valence-corrected chi connectivity index (χ2v) is 10.0. The number of ether oxygens (including phenoxy) is 1. The van der Waals surface area contributed by atoms with Crippen LogP contribution < -0.4 is 10.2 Å². The van der Waals surface area contributed by atoms with E-state index in [0.717, 1.165) is 28.4 Å². The minimum absolute atomic E-state index is 0.217. The molecule has 4 rings (SSSR count). The fraction of sp³-hybridized carbons (Fsp3) is 0.455. The summed E-state index contributed by atoms with van der Waals surface area (Å²) < 4.78 is 4.95. The number of benzene rings is 1. The number of carbonyl (C=O) groups is 1. The Hall–Kier alpha value is -2.29. The molecule has 1 fully saturated rings. The van der Waals surface area contributed by atoms with Gasteiger partial charge in [0.25, 0.3) is 0 Å². The van der Waals surface area contributed by atoms with Crippen LogP contribution in [0.25, 0.3) is 0 Å². The van der Waals surface area contributed by atoms with Crippen molar-refractivity contribution in [1.29, 1.82) is 0 Å². The number of methoxy groups -OCH3 is 1. The zero-order valence-electron chi connectivity index (χ0n) is 18.1. The molecular weight excluding hydrogens is 436 g/mol. The topological polar surface area (TPSA) is 77.9 Å². The van der Waals surface area contributed by atoms with Crippen molar-refractivity contribution < 1.29 is 14.6 Å². The minimum Gasteiger partial charge on any atom is -0.453 e. The quantitative estimate of drug-likeness (QED) is 0.695. The van der Waals surface area contributed by atoms with Crippen molar-refractivity contribution in [3.05, 3.63) is 51.8 Å². The Morgan fingerprint density at radius 3 is 2.84 bits per heavy atom. The standard InChI is InChI=1S/C22H27ClN4O3S/c1-5-18(25-19-24-11-17(31-19)21(2,3)29)27-13-22(8-9-26(12-22)20(28)30-4)15-10-14(23)6-7-16(15)27/h5-7,10-11,29H,8-9,12-13H2,1-4H3,(H,24,25). The molecule has 0 saturated carbocycles. The van der Waals surface area contributed by atoms with Gasteiger partial charge < -0.3 is 25.0 Å². The highest BCUT2D eigenvalue weighted by molar-refractivity contribution is 7.15. The second kappa shape index (κ2) is 8.00. The van der Waals surface area contributed by atoms with Crippen LogP contribution in [0.3, 0.4) is 0 Å². The largest absolute Gasteiger partial charge is 0.453 e. The number of aliphatic hydroxyl groups is 1. The Balaban J connectivity index is 1.65. The van der Waals surface area contributed by atoms with Crippen LogP contribution in [0.5, 0.6) is 0 Å². The molecule has 1 aromatic carbocycles. The lowest BCUT2D eigenvalue weighted by Crippen LogP contribution is -2.38. The summed E-state index contributed by atoms with van der Waals surface area (Å²) in [5, 5.41) is 15.1. The second-order valence-electron chi connectivity index (χ2n) is 8.56. The molecule has 1 spiro atoms. The zero-order chi connectivity index (χ0) is 22.4. The van der Waals surface area contributed by atoms with E-state index < -0.39 is 5.60 Å². The van der Waals surface area contributed by atoms with E-state index in [9.17, 15) is 9.90 Å². The van der Waals surface area contributed by atoms with Crippen LogP contribution in [0, 0.1) is 0 Å². The number of halogens is 1. The number of allylic oxidation sites excluding steroid dienone is 1. The molecule has 1 atom stereocenters.